The third-order valence-electron chi connectivity index (χ3n) is 5.15. The third-order valence-corrected chi connectivity index (χ3v) is 6.32. The summed E-state index contributed by atoms with van der Waals surface area (Å²) in [4.78, 5) is 6.60. The van der Waals surface area contributed by atoms with Crippen molar-refractivity contribution in [3.63, 3.8) is 0 Å². The number of hydrogen-bond donors (Lipinski definition) is 0. The zero-order chi connectivity index (χ0) is 22.6. The van der Waals surface area contributed by atoms with Crippen molar-refractivity contribution in [3.05, 3.63) is 67.1 Å². The number of pyridine rings is 1. The molecule has 2 aromatic heterocycles. The van der Waals surface area contributed by atoms with E-state index in [1.54, 1.807) is 18.5 Å². The first kappa shape index (κ1) is 20.7. The van der Waals surface area contributed by atoms with E-state index < -0.39 is 15.1 Å². The maximum atomic E-state index is 12.9. The van der Waals surface area contributed by atoms with Gasteiger partial charge < -0.3 is 14.0 Å². The van der Waals surface area contributed by atoms with Gasteiger partial charge in [0.25, 0.3) is 0 Å². The molecule has 4 aromatic rings. The average Bonchev–Trinajstić information content (AvgIpc) is 3.09. The third kappa shape index (κ3) is 3.89. The number of benzene rings is 2. The van der Waals surface area contributed by atoms with Crippen molar-refractivity contribution in [2.75, 3.05) is 13.2 Å². The Morgan fingerprint density at radius 2 is 1.69 bits per heavy atom. The van der Waals surface area contributed by atoms with Crippen molar-refractivity contribution in [1.82, 2.24) is 14.5 Å². The molecule has 1 fully saturated rings. The molecule has 0 bridgehead atoms. The Morgan fingerprint density at radius 1 is 0.938 bits per heavy atom. The summed E-state index contributed by atoms with van der Waals surface area (Å²) in [5, 5.41) is 0. The van der Waals surface area contributed by atoms with Crippen LogP contribution in [-0.4, -0.2) is 27.7 Å². The van der Waals surface area contributed by atoms with Gasteiger partial charge >= 0.3 is 10.2 Å². The predicted octanol–water partition coefficient (Wildman–Crippen LogP) is 7.12. The highest BCUT2D eigenvalue weighted by atomic mass is 32.5. The number of hydrogen-bond acceptors (Lipinski definition) is 4. The molecule has 1 aliphatic heterocycles. The lowest BCUT2D eigenvalue weighted by molar-refractivity contribution is -0.0216. The molecular weight excluding hydrogens is 453 g/mol. The van der Waals surface area contributed by atoms with E-state index in [0.717, 1.165) is 28.7 Å². The van der Waals surface area contributed by atoms with E-state index in [1.165, 1.54) is 6.20 Å². The Balaban J connectivity index is 1.49. The molecule has 11 heteroatoms. The molecule has 0 saturated carbocycles. The Kier molecular flexibility index (Phi) is 4.16. The van der Waals surface area contributed by atoms with E-state index in [9.17, 15) is 19.4 Å². The largest absolute Gasteiger partial charge is 0.438 e. The van der Waals surface area contributed by atoms with E-state index in [-0.39, 0.29) is 17.7 Å². The average molecular weight is 469 g/mol. The Labute approximate surface area is 179 Å². The van der Waals surface area contributed by atoms with Gasteiger partial charge in [0.1, 0.15) is 10.6 Å². The van der Waals surface area contributed by atoms with Crippen LogP contribution in [-0.2, 0) is 4.74 Å². The van der Waals surface area contributed by atoms with E-state index in [4.69, 9.17) is 9.47 Å². The first-order valence-electron chi connectivity index (χ1n) is 9.50. The summed E-state index contributed by atoms with van der Waals surface area (Å²) in [5.74, 6) is 0.0817. The van der Waals surface area contributed by atoms with Gasteiger partial charge in [0.2, 0.25) is 5.88 Å². The van der Waals surface area contributed by atoms with E-state index in [1.807, 2.05) is 22.8 Å². The quantitative estimate of drug-likeness (QED) is 0.292. The molecule has 1 saturated heterocycles. The lowest BCUT2D eigenvalue weighted by Crippen LogP contribution is -2.30. The molecule has 0 aliphatic carbocycles. The number of halogens is 5. The molecule has 0 atom stereocenters. The van der Waals surface area contributed by atoms with E-state index >= 15 is 0 Å². The molecule has 0 N–H and O–H groups in total. The predicted molar refractivity (Wildman–Crippen MR) is 111 cm³/mol. The van der Waals surface area contributed by atoms with Gasteiger partial charge in [-0.3, -0.25) is 0 Å². The van der Waals surface area contributed by atoms with Crippen LogP contribution in [0, 0.1) is 0 Å². The molecule has 0 spiro atoms. The van der Waals surface area contributed by atoms with Gasteiger partial charge in [-0.2, -0.15) is 0 Å². The summed E-state index contributed by atoms with van der Waals surface area (Å²) in [5.41, 5.74) is 3.04. The van der Waals surface area contributed by atoms with Crippen molar-refractivity contribution >= 4 is 21.3 Å². The number of aromatic nitrogens is 3. The second-order valence-corrected chi connectivity index (χ2v) is 9.85. The van der Waals surface area contributed by atoms with Gasteiger partial charge in [0.15, 0.2) is 0 Å². The van der Waals surface area contributed by atoms with Crippen molar-refractivity contribution in [2.45, 2.75) is 10.9 Å². The van der Waals surface area contributed by atoms with Crippen molar-refractivity contribution in [3.8, 4) is 22.8 Å². The highest BCUT2D eigenvalue weighted by Gasteiger charge is 2.65. The second kappa shape index (κ2) is 6.42. The molecule has 2 aromatic carbocycles. The van der Waals surface area contributed by atoms with Gasteiger partial charge in [-0.15, -0.1) is 0 Å². The fraction of sp³-hybridized carbons (Fsp3) is 0.143. The van der Waals surface area contributed by atoms with Crippen LogP contribution in [0.4, 0.5) is 19.4 Å². The number of fused-ring (bicyclic) bond motifs is 1. The summed E-state index contributed by atoms with van der Waals surface area (Å²) in [7, 11) is -9.74. The van der Waals surface area contributed by atoms with E-state index in [0.29, 0.717) is 30.9 Å². The molecule has 3 heterocycles. The van der Waals surface area contributed by atoms with Gasteiger partial charge in [-0.1, -0.05) is 25.5 Å². The molecule has 0 radical (unpaired) electrons. The lowest BCUT2D eigenvalue weighted by Gasteiger charge is -2.40. The van der Waals surface area contributed by atoms with Crippen molar-refractivity contribution in [2.24, 2.45) is 0 Å². The highest BCUT2D eigenvalue weighted by molar-refractivity contribution is 8.45. The first-order chi connectivity index (χ1) is 15.0. The SMILES string of the molecule is FS(F)(F)(F)(F)c1ccc(Oc2ncccc2-c2ccc3ncn(C4COC4)c3c2)cc1. The van der Waals surface area contributed by atoms with Crippen LogP contribution in [0.25, 0.3) is 22.2 Å². The number of nitrogens with zero attached hydrogens (tertiary/aromatic N) is 3. The minimum absolute atomic E-state index is 0.0479. The maximum absolute atomic E-state index is 12.9. The van der Waals surface area contributed by atoms with Gasteiger partial charge in [-0.25, -0.2) is 9.97 Å². The van der Waals surface area contributed by atoms with Gasteiger partial charge in [0, 0.05) is 11.8 Å². The summed E-state index contributed by atoms with van der Waals surface area (Å²) >= 11 is 0. The van der Waals surface area contributed by atoms with Crippen LogP contribution in [0.1, 0.15) is 6.04 Å². The van der Waals surface area contributed by atoms with Crippen LogP contribution in [0.3, 0.4) is 0 Å². The molecule has 0 amide bonds. The Morgan fingerprint density at radius 3 is 2.34 bits per heavy atom. The molecule has 0 unspecified atom stereocenters. The standard InChI is InChI=1S/C21H16F5N3O2S/c22-32(23,24,25,26)17-6-4-16(5-7-17)31-21-18(2-1-9-27-21)14-3-8-19-20(10-14)29(13-28-19)15-11-30-12-15/h1-10,13,15H,11-12H2. The zero-order valence-electron chi connectivity index (χ0n) is 16.3. The lowest BCUT2D eigenvalue weighted by atomic mass is 10.1. The van der Waals surface area contributed by atoms with E-state index in [2.05, 4.69) is 9.97 Å². The summed E-state index contributed by atoms with van der Waals surface area (Å²) < 4.78 is 77.6. The summed E-state index contributed by atoms with van der Waals surface area (Å²) in [6, 6.07) is 11.6. The molecule has 32 heavy (non-hydrogen) atoms. The highest BCUT2D eigenvalue weighted by Crippen LogP contribution is 3.02. The molecule has 168 valence electrons. The zero-order valence-corrected chi connectivity index (χ0v) is 17.1. The first-order valence-corrected chi connectivity index (χ1v) is 11.4. The Bertz CT molecular complexity index is 1320. The van der Waals surface area contributed by atoms with Gasteiger partial charge in [-0.05, 0) is 54.1 Å². The topological polar surface area (TPSA) is 49.2 Å². The van der Waals surface area contributed by atoms with Gasteiger partial charge in [0.05, 0.1) is 36.6 Å². The summed E-state index contributed by atoms with van der Waals surface area (Å²) in [6.45, 7) is 1.21. The number of ether oxygens (including phenoxy) is 2. The molecule has 5 nitrogen and oxygen atoms in total. The minimum Gasteiger partial charge on any atom is -0.438 e. The van der Waals surface area contributed by atoms with Crippen LogP contribution < -0.4 is 4.74 Å². The fourth-order valence-corrected chi connectivity index (χ4v) is 4.09. The maximum Gasteiger partial charge on any atom is 0.310 e. The summed E-state index contributed by atoms with van der Waals surface area (Å²) in [6.07, 6.45) is 3.22. The molecule has 1 aliphatic rings. The number of imidazole rings is 1. The smallest absolute Gasteiger partial charge is 0.310 e. The monoisotopic (exact) mass is 469 g/mol. The fourth-order valence-electron chi connectivity index (χ4n) is 3.44. The van der Waals surface area contributed by atoms with Crippen LogP contribution >= 0.6 is 10.2 Å². The van der Waals surface area contributed by atoms with Crippen molar-refractivity contribution < 1.29 is 28.9 Å². The normalized spacial score (nSPS) is 16.9. The van der Waals surface area contributed by atoms with Crippen LogP contribution in [0.2, 0.25) is 0 Å². The van der Waals surface area contributed by atoms with Crippen molar-refractivity contribution in [1.29, 1.82) is 0 Å². The minimum atomic E-state index is -9.74. The molecule has 5 rings (SSSR count). The molecular formula is C21H16F5N3O2S. The van der Waals surface area contributed by atoms with Crippen LogP contribution in [0.5, 0.6) is 11.6 Å². The number of rotatable bonds is 5. The second-order valence-electron chi connectivity index (χ2n) is 7.45. The van der Waals surface area contributed by atoms with Crippen LogP contribution in [0.15, 0.2) is 72.0 Å². The Hall–Kier alpha value is -3.18.